The molecule has 5 nitrogen and oxygen atoms in total. The Morgan fingerprint density at radius 3 is 2.96 bits per heavy atom. The summed E-state index contributed by atoms with van der Waals surface area (Å²) in [5, 5.41) is 12.1. The van der Waals surface area contributed by atoms with Crippen LogP contribution in [0.5, 0.6) is 0 Å². The Morgan fingerprint density at radius 1 is 1.21 bits per heavy atom. The number of hydrogen-bond acceptors (Lipinski definition) is 5. The third kappa shape index (κ3) is 2.37. The van der Waals surface area contributed by atoms with Gasteiger partial charge in [-0.05, 0) is 56.1 Å². The first-order valence-corrected chi connectivity index (χ1v) is 8.95. The maximum Gasteiger partial charge on any atom is 0.178 e. The monoisotopic (exact) mass is 362 g/mol. The molecule has 7 heteroatoms. The highest BCUT2D eigenvalue weighted by Crippen LogP contribution is 2.46. The van der Waals surface area contributed by atoms with E-state index in [9.17, 15) is 0 Å². The highest BCUT2D eigenvalue weighted by molar-refractivity contribution is 7.15. The Hall–Kier alpha value is -1.47. The van der Waals surface area contributed by atoms with Gasteiger partial charge in [-0.15, -0.1) is 33.9 Å². The average molecular weight is 363 g/mol. The van der Waals surface area contributed by atoms with Gasteiger partial charge in [-0.2, -0.15) is 0 Å². The zero-order valence-electron chi connectivity index (χ0n) is 13.2. The number of piperidine rings is 1. The highest BCUT2D eigenvalue weighted by Gasteiger charge is 2.41. The largest absolute Gasteiger partial charge is 0.369 e. The summed E-state index contributed by atoms with van der Waals surface area (Å²) < 4.78 is 8.34. The smallest absolute Gasteiger partial charge is 0.178 e. The molecule has 2 aliphatic rings. The van der Waals surface area contributed by atoms with Crippen molar-refractivity contribution in [3.63, 3.8) is 0 Å². The average Bonchev–Trinajstić information content (AvgIpc) is 3.20. The summed E-state index contributed by atoms with van der Waals surface area (Å²) in [4.78, 5) is 2.60. The number of ether oxygens (including phenoxy) is 1. The van der Waals surface area contributed by atoms with Crippen LogP contribution in [-0.4, -0.2) is 34.3 Å². The molecule has 5 heterocycles. The van der Waals surface area contributed by atoms with Gasteiger partial charge in [0.25, 0.3) is 0 Å². The first-order chi connectivity index (χ1) is 11.4. The van der Waals surface area contributed by atoms with Gasteiger partial charge in [-0.1, -0.05) is 6.07 Å². The number of fused-ring (bicyclic) bond motifs is 3. The molecular weight excluding hydrogens is 344 g/mol. The van der Waals surface area contributed by atoms with Crippen LogP contribution < -0.4 is 5.32 Å². The van der Waals surface area contributed by atoms with Crippen LogP contribution in [-0.2, 0) is 16.8 Å². The zero-order chi connectivity index (χ0) is 15.3. The van der Waals surface area contributed by atoms with Gasteiger partial charge in [0.2, 0.25) is 0 Å². The van der Waals surface area contributed by atoms with Crippen molar-refractivity contribution in [2.45, 2.75) is 24.9 Å². The van der Waals surface area contributed by atoms with Gasteiger partial charge < -0.3 is 10.1 Å². The van der Waals surface area contributed by atoms with Crippen LogP contribution in [0.2, 0.25) is 0 Å². The minimum Gasteiger partial charge on any atom is -0.369 e. The van der Waals surface area contributed by atoms with Gasteiger partial charge in [0.05, 0.1) is 11.5 Å². The highest BCUT2D eigenvalue weighted by atomic mass is 35.5. The van der Waals surface area contributed by atoms with E-state index in [2.05, 4.69) is 26.0 Å². The summed E-state index contributed by atoms with van der Waals surface area (Å²) in [7, 11) is 0. The van der Waals surface area contributed by atoms with Crippen LogP contribution in [0.15, 0.2) is 30.5 Å². The van der Waals surface area contributed by atoms with E-state index in [1.54, 1.807) is 0 Å². The van der Waals surface area contributed by atoms with Crippen molar-refractivity contribution in [2.75, 3.05) is 19.7 Å². The van der Waals surface area contributed by atoms with Crippen molar-refractivity contribution in [2.24, 2.45) is 0 Å². The molecule has 0 amide bonds. The van der Waals surface area contributed by atoms with Crippen LogP contribution in [0, 0.1) is 0 Å². The number of aromatic nitrogens is 3. The second kappa shape index (κ2) is 6.11. The summed E-state index contributed by atoms with van der Waals surface area (Å²) >= 11 is 1.84. The first kappa shape index (κ1) is 16.0. The Labute approximate surface area is 150 Å². The van der Waals surface area contributed by atoms with E-state index in [0.29, 0.717) is 0 Å². The normalized spacial score (nSPS) is 19.2. The fourth-order valence-electron chi connectivity index (χ4n) is 3.74. The molecule has 0 aromatic carbocycles. The number of rotatable bonds is 1. The van der Waals surface area contributed by atoms with Crippen molar-refractivity contribution < 1.29 is 4.74 Å². The Kier molecular flexibility index (Phi) is 4.08. The molecule has 0 saturated carbocycles. The number of nitrogens with zero attached hydrogens (tertiary/aromatic N) is 3. The standard InChI is InChI=1S/C17H18N4OS.ClH/c1-2-9-21-14(3-1)19-20-16(21)13-11-12-4-10-22-17(15(12)23-13)5-7-18-8-6-17;/h1-3,9,11,18H,4-8,10H2;1H. The molecule has 5 rings (SSSR count). The molecule has 0 bridgehead atoms. The van der Waals surface area contributed by atoms with Gasteiger partial charge in [0, 0.05) is 11.1 Å². The molecule has 3 aromatic heterocycles. The van der Waals surface area contributed by atoms with Gasteiger partial charge in [-0.25, -0.2) is 0 Å². The predicted molar refractivity (Wildman–Crippen MR) is 97.0 cm³/mol. The first-order valence-electron chi connectivity index (χ1n) is 8.14. The second-order valence-electron chi connectivity index (χ2n) is 6.26. The quantitative estimate of drug-likeness (QED) is 0.723. The van der Waals surface area contributed by atoms with Crippen LogP contribution in [0.25, 0.3) is 16.3 Å². The van der Waals surface area contributed by atoms with Crippen molar-refractivity contribution in [1.29, 1.82) is 0 Å². The molecule has 1 fully saturated rings. The van der Waals surface area contributed by atoms with Crippen molar-refractivity contribution >= 4 is 29.4 Å². The number of halogens is 1. The lowest BCUT2D eigenvalue weighted by Gasteiger charge is -2.40. The Bertz CT molecular complexity index is 868. The molecule has 0 unspecified atom stereocenters. The fraction of sp³-hybridized carbons (Fsp3) is 0.412. The van der Waals surface area contributed by atoms with Crippen LogP contribution in [0.4, 0.5) is 0 Å². The predicted octanol–water partition coefficient (Wildman–Crippen LogP) is 3.03. The van der Waals surface area contributed by atoms with Crippen molar-refractivity contribution in [3.8, 4) is 10.7 Å². The molecule has 126 valence electrons. The number of hydrogen-bond donors (Lipinski definition) is 1. The lowest BCUT2D eigenvalue weighted by Crippen LogP contribution is -2.43. The van der Waals surface area contributed by atoms with E-state index in [1.807, 2.05) is 35.7 Å². The van der Waals surface area contributed by atoms with Crippen molar-refractivity contribution in [3.05, 3.63) is 40.9 Å². The number of pyridine rings is 1. The van der Waals surface area contributed by atoms with E-state index in [1.165, 1.54) is 15.3 Å². The summed E-state index contributed by atoms with van der Waals surface area (Å²) in [6, 6.07) is 8.30. The Morgan fingerprint density at radius 2 is 2.08 bits per heavy atom. The molecular formula is C17H19ClN4OS. The molecule has 3 aromatic rings. The molecule has 1 N–H and O–H groups in total. The van der Waals surface area contributed by atoms with Crippen LogP contribution in [0.1, 0.15) is 23.3 Å². The molecule has 24 heavy (non-hydrogen) atoms. The van der Waals surface area contributed by atoms with E-state index in [0.717, 1.165) is 50.4 Å². The van der Waals surface area contributed by atoms with Gasteiger partial charge in [0.1, 0.15) is 5.60 Å². The SMILES string of the molecule is Cl.c1ccn2c(-c3cc4c(s3)C3(CCNCC3)OCC4)nnc2c1. The summed E-state index contributed by atoms with van der Waals surface area (Å²) in [6.45, 7) is 2.88. The topological polar surface area (TPSA) is 51.5 Å². The zero-order valence-corrected chi connectivity index (χ0v) is 14.8. The molecule has 1 spiro atoms. The van der Waals surface area contributed by atoms with E-state index in [-0.39, 0.29) is 18.0 Å². The molecule has 2 aliphatic heterocycles. The van der Waals surface area contributed by atoms with Crippen LogP contribution >= 0.6 is 23.7 Å². The summed E-state index contributed by atoms with van der Waals surface area (Å²) in [6.07, 6.45) is 5.14. The summed E-state index contributed by atoms with van der Waals surface area (Å²) in [5.41, 5.74) is 2.25. The third-order valence-electron chi connectivity index (χ3n) is 4.92. The fourth-order valence-corrected chi connectivity index (χ4v) is 5.14. The number of thiophene rings is 1. The van der Waals surface area contributed by atoms with Gasteiger partial charge in [0.15, 0.2) is 11.5 Å². The summed E-state index contributed by atoms with van der Waals surface area (Å²) in [5.74, 6) is 0.934. The van der Waals surface area contributed by atoms with Gasteiger partial charge >= 0.3 is 0 Å². The van der Waals surface area contributed by atoms with Crippen LogP contribution in [0.3, 0.4) is 0 Å². The maximum absolute atomic E-state index is 6.28. The minimum absolute atomic E-state index is 0. The van der Waals surface area contributed by atoms with E-state index in [4.69, 9.17) is 4.74 Å². The number of nitrogens with one attached hydrogen (secondary N) is 1. The molecule has 0 radical (unpaired) electrons. The lowest BCUT2D eigenvalue weighted by atomic mass is 9.86. The second-order valence-corrected chi connectivity index (χ2v) is 7.31. The van der Waals surface area contributed by atoms with E-state index < -0.39 is 0 Å². The van der Waals surface area contributed by atoms with E-state index >= 15 is 0 Å². The molecule has 0 aliphatic carbocycles. The minimum atomic E-state index is -0.0811. The lowest BCUT2D eigenvalue weighted by molar-refractivity contribution is -0.0771. The van der Waals surface area contributed by atoms with Crippen molar-refractivity contribution in [1.82, 2.24) is 19.9 Å². The maximum atomic E-state index is 6.28. The third-order valence-corrected chi connectivity index (χ3v) is 6.28. The van der Waals surface area contributed by atoms with Gasteiger partial charge in [-0.3, -0.25) is 4.40 Å². The molecule has 1 saturated heterocycles. The Balaban J connectivity index is 0.00000146. The molecule has 0 atom stereocenters.